The number of halogens is 1. The predicted octanol–water partition coefficient (Wildman–Crippen LogP) is 5.82. The molecule has 5 nitrogen and oxygen atoms in total. The van der Waals surface area contributed by atoms with E-state index in [9.17, 15) is 4.79 Å². The Balaban J connectivity index is 1.63. The topological polar surface area (TPSA) is 53.9 Å². The molecule has 0 atom stereocenters. The lowest BCUT2D eigenvalue weighted by Gasteiger charge is -2.17. The Labute approximate surface area is 194 Å². The number of carbonyl (C=O) groups is 1. The summed E-state index contributed by atoms with van der Waals surface area (Å²) >= 11 is 12.7. The van der Waals surface area contributed by atoms with E-state index in [1.807, 2.05) is 79.4 Å². The van der Waals surface area contributed by atoms with E-state index in [4.69, 9.17) is 28.9 Å². The molecule has 31 heavy (non-hydrogen) atoms. The third kappa shape index (κ3) is 4.95. The van der Waals surface area contributed by atoms with Crippen molar-refractivity contribution in [2.75, 3.05) is 7.05 Å². The Bertz CT molecular complexity index is 1260. The minimum Gasteiger partial charge on any atom is -0.341 e. The third-order valence-electron chi connectivity index (χ3n) is 5.00. The van der Waals surface area contributed by atoms with Crippen LogP contribution in [0.4, 0.5) is 0 Å². The van der Waals surface area contributed by atoms with Crippen LogP contribution in [-0.2, 0) is 17.8 Å². The van der Waals surface area contributed by atoms with Crippen molar-refractivity contribution in [3.05, 3.63) is 85.9 Å². The largest absolute Gasteiger partial charge is 0.341 e. The second-order valence-electron chi connectivity index (χ2n) is 7.28. The monoisotopic (exact) mass is 468 g/mol. The minimum absolute atomic E-state index is 0.0304. The molecule has 1 N–H and O–H groups in total. The molecule has 0 unspecified atom stereocenters. The molecule has 0 fully saturated rings. The Morgan fingerprint density at radius 1 is 1.19 bits per heavy atom. The van der Waals surface area contributed by atoms with Crippen molar-refractivity contribution in [2.45, 2.75) is 19.9 Å². The first-order valence-electron chi connectivity index (χ1n) is 9.73. The summed E-state index contributed by atoms with van der Waals surface area (Å²) in [4.78, 5) is 18.7. The number of benzene rings is 2. The van der Waals surface area contributed by atoms with Gasteiger partial charge < -0.3 is 9.88 Å². The molecule has 0 radical (unpaired) electrons. The highest BCUT2D eigenvalue weighted by Gasteiger charge is 2.18. The summed E-state index contributed by atoms with van der Waals surface area (Å²) in [6.07, 6.45) is 2.30. The molecular weight excluding hydrogens is 448 g/mol. The lowest BCUT2D eigenvalue weighted by molar-refractivity contribution is -0.129. The predicted molar refractivity (Wildman–Crippen MR) is 128 cm³/mol. The number of hydrogen-bond acceptors (Lipinski definition) is 4. The van der Waals surface area contributed by atoms with Crippen LogP contribution in [0.2, 0.25) is 5.02 Å². The highest BCUT2D eigenvalue weighted by molar-refractivity contribution is 7.73. The van der Waals surface area contributed by atoms with E-state index in [1.165, 1.54) is 11.3 Å². The number of carbonyl (C=O) groups excluding carboxylic acids is 1. The number of thiazole rings is 1. The van der Waals surface area contributed by atoms with Gasteiger partial charge in [0, 0.05) is 46.5 Å². The van der Waals surface area contributed by atoms with Crippen LogP contribution >= 0.6 is 35.2 Å². The van der Waals surface area contributed by atoms with Gasteiger partial charge in [0.2, 0.25) is 5.91 Å². The average Bonchev–Trinajstić information content (AvgIpc) is 3.31. The number of nitrogens with one attached hydrogen (secondary N) is 1. The number of nitrogens with zero attached hydrogens (tertiary/aromatic N) is 3. The maximum Gasteiger partial charge on any atom is 0.227 e. The van der Waals surface area contributed by atoms with Crippen LogP contribution in [0, 0.1) is 10.9 Å². The molecule has 0 aliphatic heterocycles. The number of hydrogen-bond donors (Lipinski definition) is 1. The first kappa shape index (κ1) is 21.5. The van der Waals surface area contributed by atoms with Gasteiger partial charge in [-0.05, 0) is 43.4 Å². The number of aryl methyl sites for hydroxylation is 1. The number of likely N-dealkylation sites (N-methyl/N-ethyl adjacent to an activating group) is 1. The smallest absolute Gasteiger partial charge is 0.227 e. The van der Waals surface area contributed by atoms with E-state index in [-0.39, 0.29) is 5.91 Å². The van der Waals surface area contributed by atoms with Gasteiger partial charge in [0.15, 0.2) is 3.95 Å². The Kier molecular flexibility index (Phi) is 6.36. The molecule has 2 aromatic heterocycles. The van der Waals surface area contributed by atoms with Crippen molar-refractivity contribution in [2.24, 2.45) is 0 Å². The fourth-order valence-corrected chi connectivity index (χ4v) is 4.72. The molecule has 158 valence electrons. The maximum atomic E-state index is 12.9. The standard InChI is InChI=1S/C23H21ClN4OS2/c1-15-20(31-23(30)25-15)12-21(29)27(2)13-17-14-28(19-6-4-3-5-7-19)26-22(17)16-8-10-18(24)11-9-16/h3-11,14H,12-13H2,1-2H3,(H,25,30). The zero-order valence-corrected chi connectivity index (χ0v) is 19.5. The van der Waals surface area contributed by atoms with E-state index in [2.05, 4.69) is 4.98 Å². The Morgan fingerprint density at radius 2 is 1.90 bits per heavy atom. The van der Waals surface area contributed by atoms with E-state index in [0.717, 1.165) is 33.1 Å². The van der Waals surface area contributed by atoms with Gasteiger partial charge in [-0.3, -0.25) is 4.79 Å². The second kappa shape index (κ2) is 9.18. The highest BCUT2D eigenvalue weighted by Crippen LogP contribution is 2.26. The van der Waals surface area contributed by atoms with E-state index >= 15 is 0 Å². The van der Waals surface area contributed by atoms with Crippen molar-refractivity contribution in [3.8, 4) is 16.9 Å². The van der Waals surface area contributed by atoms with E-state index in [1.54, 1.807) is 4.90 Å². The molecule has 0 bridgehead atoms. The SMILES string of the molecule is Cc1[nH]c(=S)sc1CC(=O)N(C)Cc1cn(-c2ccccc2)nc1-c1ccc(Cl)cc1. The summed E-state index contributed by atoms with van der Waals surface area (Å²) in [5.74, 6) is 0.0304. The molecule has 8 heteroatoms. The summed E-state index contributed by atoms with van der Waals surface area (Å²) in [5.41, 5.74) is 4.65. The lowest BCUT2D eigenvalue weighted by atomic mass is 10.1. The quantitative estimate of drug-likeness (QED) is 0.363. The molecule has 2 aromatic carbocycles. The summed E-state index contributed by atoms with van der Waals surface area (Å²) in [6, 6.07) is 17.5. The molecule has 0 aliphatic carbocycles. The molecule has 1 amide bonds. The number of amides is 1. The molecule has 2 heterocycles. The van der Waals surface area contributed by atoms with Crippen LogP contribution in [0.15, 0.2) is 60.8 Å². The fraction of sp³-hybridized carbons (Fsp3) is 0.174. The van der Waals surface area contributed by atoms with Crippen LogP contribution in [-0.4, -0.2) is 32.6 Å². The molecule has 4 rings (SSSR count). The first-order chi connectivity index (χ1) is 14.9. The van der Waals surface area contributed by atoms with Crippen LogP contribution in [0.5, 0.6) is 0 Å². The zero-order valence-electron chi connectivity index (χ0n) is 17.1. The van der Waals surface area contributed by atoms with Gasteiger partial charge in [-0.25, -0.2) is 4.68 Å². The van der Waals surface area contributed by atoms with Crippen LogP contribution in [0.1, 0.15) is 16.1 Å². The zero-order chi connectivity index (χ0) is 22.0. The van der Waals surface area contributed by atoms with Crippen molar-refractivity contribution in [1.29, 1.82) is 0 Å². The van der Waals surface area contributed by atoms with Crippen molar-refractivity contribution in [1.82, 2.24) is 19.7 Å². The lowest BCUT2D eigenvalue weighted by Crippen LogP contribution is -2.27. The molecule has 0 saturated carbocycles. The number of rotatable bonds is 6. The van der Waals surface area contributed by atoms with Gasteiger partial charge in [-0.2, -0.15) is 5.10 Å². The van der Waals surface area contributed by atoms with Crippen LogP contribution in [0.3, 0.4) is 0 Å². The van der Waals surface area contributed by atoms with Crippen molar-refractivity contribution in [3.63, 3.8) is 0 Å². The summed E-state index contributed by atoms with van der Waals surface area (Å²) in [7, 11) is 1.81. The van der Waals surface area contributed by atoms with Gasteiger partial charge in [0.05, 0.1) is 17.8 Å². The number of aromatic nitrogens is 3. The number of aromatic amines is 1. The summed E-state index contributed by atoms with van der Waals surface area (Å²) in [6.45, 7) is 2.38. The van der Waals surface area contributed by atoms with Crippen molar-refractivity contribution >= 4 is 41.1 Å². The Hall–Kier alpha value is -2.74. The highest BCUT2D eigenvalue weighted by atomic mass is 35.5. The minimum atomic E-state index is 0.0304. The Morgan fingerprint density at radius 3 is 2.55 bits per heavy atom. The number of H-pyrrole nitrogens is 1. The van der Waals surface area contributed by atoms with Crippen LogP contribution < -0.4 is 0 Å². The molecule has 0 aliphatic rings. The summed E-state index contributed by atoms with van der Waals surface area (Å²) in [5, 5.41) is 5.48. The van der Waals surface area contributed by atoms with E-state index in [0.29, 0.717) is 21.9 Å². The van der Waals surface area contributed by atoms with Crippen LogP contribution in [0.25, 0.3) is 16.9 Å². The van der Waals surface area contributed by atoms with Gasteiger partial charge in [-0.15, -0.1) is 11.3 Å². The molecule has 0 spiro atoms. The maximum absolute atomic E-state index is 12.9. The third-order valence-corrected chi connectivity index (χ3v) is 6.59. The molecule has 0 saturated heterocycles. The van der Waals surface area contributed by atoms with Gasteiger partial charge >= 0.3 is 0 Å². The van der Waals surface area contributed by atoms with Gasteiger partial charge in [-0.1, -0.05) is 41.9 Å². The van der Waals surface area contributed by atoms with E-state index < -0.39 is 0 Å². The van der Waals surface area contributed by atoms with Crippen molar-refractivity contribution < 1.29 is 4.79 Å². The normalized spacial score (nSPS) is 10.9. The average molecular weight is 469 g/mol. The molecular formula is C23H21ClN4OS2. The second-order valence-corrected chi connectivity index (χ2v) is 9.49. The van der Waals surface area contributed by atoms with Gasteiger partial charge in [0.1, 0.15) is 0 Å². The fourth-order valence-electron chi connectivity index (χ4n) is 3.31. The number of para-hydroxylation sites is 1. The molecule has 4 aromatic rings. The first-order valence-corrected chi connectivity index (χ1v) is 11.3. The van der Waals surface area contributed by atoms with Gasteiger partial charge in [0.25, 0.3) is 0 Å². The summed E-state index contributed by atoms with van der Waals surface area (Å²) < 4.78 is 2.54.